The predicted molar refractivity (Wildman–Crippen MR) is 60.0 cm³/mol. The molecule has 0 aliphatic carbocycles. The Hall–Kier alpha value is -1.03. The minimum Gasteiger partial charge on any atom is -0.376 e. The summed E-state index contributed by atoms with van der Waals surface area (Å²) in [6, 6.07) is 0.327. The van der Waals surface area contributed by atoms with Gasteiger partial charge in [0.2, 0.25) is 5.95 Å². The van der Waals surface area contributed by atoms with Crippen molar-refractivity contribution >= 4 is 5.95 Å². The molecule has 1 aliphatic rings. The van der Waals surface area contributed by atoms with Crippen LogP contribution in [0.1, 0.15) is 25.5 Å². The fraction of sp³-hybridized carbons (Fsp3) is 0.727. The summed E-state index contributed by atoms with van der Waals surface area (Å²) in [5.74, 6) is 0.926. The van der Waals surface area contributed by atoms with Crippen LogP contribution in [0.5, 0.6) is 0 Å². The van der Waals surface area contributed by atoms with Crippen LogP contribution in [0.3, 0.4) is 0 Å². The first-order valence-electron chi connectivity index (χ1n) is 5.55. The average Bonchev–Trinajstić information content (AvgIpc) is 2.76. The van der Waals surface area contributed by atoms with E-state index in [1.807, 2.05) is 24.7 Å². The summed E-state index contributed by atoms with van der Waals surface area (Å²) in [4.78, 5) is 4.42. The van der Waals surface area contributed by atoms with Gasteiger partial charge in [0.05, 0.1) is 17.8 Å². The van der Waals surface area contributed by atoms with E-state index in [0.29, 0.717) is 12.1 Å². The van der Waals surface area contributed by atoms with E-state index in [1.54, 1.807) is 0 Å². The molecule has 0 saturated carbocycles. The molecular weight excluding hydrogens is 190 g/mol. The third-order valence-electron chi connectivity index (χ3n) is 2.88. The van der Waals surface area contributed by atoms with Crippen molar-refractivity contribution < 1.29 is 4.74 Å². The minimum absolute atomic E-state index is 0.327. The molecule has 0 radical (unpaired) electrons. The first-order chi connectivity index (χ1) is 7.16. The molecule has 1 N–H and O–H groups in total. The van der Waals surface area contributed by atoms with Gasteiger partial charge in [-0.25, -0.2) is 4.98 Å². The Morgan fingerprint density at radius 3 is 3.00 bits per heavy atom. The van der Waals surface area contributed by atoms with Gasteiger partial charge in [0.15, 0.2) is 0 Å². The molecule has 4 nitrogen and oxygen atoms in total. The molecule has 1 aromatic heterocycles. The van der Waals surface area contributed by atoms with Crippen molar-refractivity contribution in [1.82, 2.24) is 9.55 Å². The fourth-order valence-corrected chi connectivity index (χ4v) is 2.04. The molecule has 2 unspecified atom stereocenters. The van der Waals surface area contributed by atoms with E-state index in [0.717, 1.165) is 24.7 Å². The normalized spacial score (nSPS) is 23.0. The van der Waals surface area contributed by atoms with Crippen molar-refractivity contribution in [3.8, 4) is 0 Å². The lowest BCUT2D eigenvalue weighted by molar-refractivity contribution is 0.0994. The summed E-state index contributed by atoms with van der Waals surface area (Å²) < 4.78 is 7.65. The number of nitrogens with one attached hydrogen (secondary N) is 1. The standard InChI is InChI=1S/C11H19N3O/c1-8-7-14(3)11(12-8)13-9(2)10-5-4-6-15-10/h7,9-10H,4-6H2,1-3H3,(H,12,13). The maximum atomic E-state index is 5.63. The third kappa shape index (κ3) is 2.31. The predicted octanol–water partition coefficient (Wildman–Crippen LogP) is 1.71. The molecule has 1 aliphatic heterocycles. The maximum Gasteiger partial charge on any atom is 0.203 e. The molecule has 2 atom stereocenters. The van der Waals surface area contributed by atoms with Gasteiger partial charge in [-0.05, 0) is 26.7 Å². The zero-order chi connectivity index (χ0) is 10.8. The van der Waals surface area contributed by atoms with Crippen molar-refractivity contribution in [1.29, 1.82) is 0 Å². The van der Waals surface area contributed by atoms with Gasteiger partial charge in [0.25, 0.3) is 0 Å². The number of aromatic nitrogens is 2. The SMILES string of the molecule is Cc1cn(C)c(NC(C)C2CCCO2)n1. The first-order valence-corrected chi connectivity index (χ1v) is 5.55. The van der Waals surface area contributed by atoms with Gasteiger partial charge in [-0.15, -0.1) is 0 Å². The molecule has 1 aromatic rings. The summed E-state index contributed by atoms with van der Waals surface area (Å²) in [6.07, 6.45) is 4.68. The summed E-state index contributed by atoms with van der Waals surface area (Å²) >= 11 is 0. The summed E-state index contributed by atoms with van der Waals surface area (Å²) in [5, 5.41) is 3.40. The number of hydrogen-bond acceptors (Lipinski definition) is 3. The molecule has 1 saturated heterocycles. The lowest BCUT2D eigenvalue weighted by atomic mass is 10.1. The highest BCUT2D eigenvalue weighted by atomic mass is 16.5. The van der Waals surface area contributed by atoms with E-state index in [2.05, 4.69) is 17.2 Å². The highest BCUT2D eigenvalue weighted by Gasteiger charge is 2.23. The lowest BCUT2D eigenvalue weighted by Crippen LogP contribution is -2.31. The average molecular weight is 209 g/mol. The van der Waals surface area contributed by atoms with Crippen molar-refractivity contribution in [2.45, 2.75) is 38.8 Å². The number of rotatable bonds is 3. The Morgan fingerprint density at radius 1 is 1.67 bits per heavy atom. The topological polar surface area (TPSA) is 39.1 Å². The molecule has 4 heteroatoms. The molecule has 0 spiro atoms. The Bertz CT molecular complexity index is 329. The van der Waals surface area contributed by atoms with E-state index in [4.69, 9.17) is 4.74 Å². The number of anilines is 1. The second kappa shape index (κ2) is 4.23. The van der Waals surface area contributed by atoms with Gasteiger partial charge in [-0.1, -0.05) is 0 Å². The maximum absolute atomic E-state index is 5.63. The fourth-order valence-electron chi connectivity index (χ4n) is 2.04. The monoisotopic (exact) mass is 209 g/mol. The van der Waals surface area contributed by atoms with Crippen LogP contribution in [0.2, 0.25) is 0 Å². The van der Waals surface area contributed by atoms with E-state index in [1.165, 1.54) is 6.42 Å². The quantitative estimate of drug-likeness (QED) is 0.823. The van der Waals surface area contributed by atoms with Crippen LogP contribution in [-0.2, 0) is 11.8 Å². The van der Waals surface area contributed by atoms with Crippen LogP contribution in [0.15, 0.2) is 6.20 Å². The Morgan fingerprint density at radius 2 is 2.47 bits per heavy atom. The minimum atomic E-state index is 0.327. The number of aryl methyl sites for hydroxylation is 2. The molecule has 0 bridgehead atoms. The Labute approximate surface area is 90.6 Å². The van der Waals surface area contributed by atoms with E-state index in [9.17, 15) is 0 Å². The molecular formula is C11H19N3O. The smallest absolute Gasteiger partial charge is 0.203 e. The molecule has 0 aromatic carbocycles. The highest BCUT2D eigenvalue weighted by molar-refractivity contribution is 5.30. The van der Waals surface area contributed by atoms with Crippen LogP contribution in [0.25, 0.3) is 0 Å². The van der Waals surface area contributed by atoms with Crippen LogP contribution in [-0.4, -0.2) is 28.3 Å². The van der Waals surface area contributed by atoms with Gasteiger partial charge < -0.3 is 14.6 Å². The van der Waals surface area contributed by atoms with Crippen LogP contribution in [0, 0.1) is 6.92 Å². The molecule has 1 fully saturated rings. The second-order valence-electron chi connectivity index (χ2n) is 4.30. The van der Waals surface area contributed by atoms with E-state index < -0.39 is 0 Å². The van der Waals surface area contributed by atoms with E-state index >= 15 is 0 Å². The Balaban J connectivity index is 1.98. The first kappa shape index (κ1) is 10.5. The summed E-state index contributed by atoms with van der Waals surface area (Å²) in [6.45, 7) is 5.05. The lowest BCUT2D eigenvalue weighted by Gasteiger charge is -2.20. The Kier molecular flexibility index (Phi) is 2.95. The molecule has 84 valence electrons. The summed E-state index contributed by atoms with van der Waals surface area (Å²) in [5.41, 5.74) is 1.04. The summed E-state index contributed by atoms with van der Waals surface area (Å²) in [7, 11) is 2.00. The number of nitrogens with zero attached hydrogens (tertiary/aromatic N) is 2. The molecule has 0 amide bonds. The highest BCUT2D eigenvalue weighted by Crippen LogP contribution is 2.18. The second-order valence-corrected chi connectivity index (χ2v) is 4.30. The zero-order valence-electron chi connectivity index (χ0n) is 9.66. The zero-order valence-corrected chi connectivity index (χ0v) is 9.66. The van der Waals surface area contributed by atoms with Crippen molar-refractivity contribution in [3.05, 3.63) is 11.9 Å². The number of ether oxygens (including phenoxy) is 1. The molecule has 2 heterocycles. The van der Waals surface area contributed by atoms with Gasteiger partial charge in [-0.2, -0.15) is 0 Å². The third-order valence-corrected chi connectivity index (χ3v) is 2.88. The number of imidazole rings is 1. The largest absolute Gasteiger partial charge is 0.376 e. The van der Waals surface area contributed by atoms with Crippen molar-refractivity contribution in [2.24, 2.45) is 7.05 Å². The van der Waals surface area contributed by atoms with Gasteiger partial charge >= 0.3 is 0 Å². The van der Waals surface area contributed by atoms with Gasteiger partial charge in [0, 0.05) is 19.9 Å². The van der Waals surface area contributed by atoms with Crippen LogP contribution in [0.4, 0.5) is 5.95 Å². The van der Waals surface area contributed by atoms with Gasteiger partial charge in [0.1, 0.15) is 0 Å². The van der Waals surface area contributed by atoms with E-state index in [-0.39, 0.29) is 0 Å². The van der Waals surface area contributed by atoms with Crippen molar-refractivity contribution in [3.63, 3.8) is 0 Å². The van der Waals surface area contributed by atoms with Gasteiger partial charge in [-0.3, -0.25) is 0 Å². The number of hydrogen-bond donors (Lipinski definition) is 1. The molecule has 2 rings (SSSR count). The molecule has 15 heavy (non-hydrogen) atoms. The van der Waals surface area contributed by atoms with Crippen LogP contribution < -0.4 is 5.32 Å². The van der Waals surface area contributed by atoms with Crippen LogP contribution >= 0.6 is 0 Å². The van der Waals surface area contributed by atoms with Crippen molar-refractivity contribution in [2.75, 3.05) is 11.9 Å².